The summed E-state index contributed by atoms with van der Waals surface area (Å²) in [5.74, 6) is 1.36. The van der Waals surface area contributed by atoms with Gasteiger partial charge in [-0.25, -0.2) is 9.97 Å². The van der Waals surface area contributed by atoms with Crippen LogP contribution >= 0.6 is 0 Å². The molecule has 0 unspecified atom stereocenters. The van der Waals surface area contributed by atoms with E-state index >= 15 is 0 Å². The summed E-state index contributed by atoms with van der Waals surface area (Å²) in [4.78, 5) is 23.5. The Labute approximate surface area is 134 Å². The van der Waals surface area contributed by atoms with E-state index in [1.54, 1.807) is 23.9 Å². The van der Waals surface area contributed by atoms with Gasteiger partial charge in [0.05, 0.1) is 4.92 Å². The summed E-state index contributed by atoms with van der Waals surface area (Å²) in [6.07, 6.45) is 9.28. The van der Waals surface area contributed by atoms with Crippen LogP contribution in [0.5, 0.6) is 0 Å². The Morgan fingerprint density at radius 2 is 2.22 bits per heavy atom. The first kappa shape index (κ1) is 15.4. The number of aromatic nitrogens is 4. The summed E-state index contributed by atoms with van der Waals surface area (Å²) < 4.78 is 1.54. The van der Waals surface area contributed by atoms with Crippen molar-refractivity contribution in [2.24, 2.45) is 5.92 Å². The molecule has 8 heteroatoms. The normalized spacial score (nSPS) is 21.1. The highest BCUT2D eigenvalue weighted by atomic mass is 16.6. The first-order chi connectivity index (χ1) is 11.0. The number of anilines is 1. The Balaban J connectivity index is 1.94. The highest BCUT2D eigenvalue weighted by molar-refractivity contribution is 5.53. The largest absolute Gasteiger partial charge is 0.351 e. The predicted molar refractivity (Wildman–Crippen MR) is 85.6 cm³/mol. The molecule has 2 heterocycles. The number of rotatable bonds is 4. The smallest absolute Gasteiger partial charge is 0.333 e. The molecular weight excluding hydrogens is 296 g/mol. The third-order valence-corrected chi connectivity index (χ3v) is 4.24. The quantitative estimate of drug-likeness (QED) is 0.688. The van der Waals surface area contributed by atoms with Crippen LogP contribution in [-0.2, 0) is 0 Å². The third kappa shape index (κ3) is 3.30. The molecule has 1 N–H and O–H groups in total. The molecule has 2 aromatic heterocycles. The highest BCUT2D eigenvalue weighted by Crippen LogP contribution is 2.28. The molecule has 0 aromatic carbocycles. The lowest BCUT2D eigenvalue weighted by Gasteiger charge is -2.27. The fraction of sp³-hybridized carbons (Fsp3) is 0.533. The topological polar surface area (TPSA) is 98.8 Å². The second-order valence-electron chi connectivity index (χ2n) is 6.14. The van der Waals surface area contributed by atoms with Gasteiger partial charge in [0.25, 0.3) is 0 Å². The Morgan fingerprint density at radius 3 is 2.87 bits per heavy atom. The van der Waals surface area contributed by atoms with Gasteiger partial charge < -0.3 is 5.32 Å². The SMILES string of the molecule is Cc1nc(N[C@H]2CCC[C@H](C)C2)nc(-n2ccnc2)c1[N+](=O)[O-]. The van der Waals surface area contributed by atoms with Crippen LogP contribution in [0.4, 0.5) is 11.6 Å². The van der Waals surface area contributed by atoms with E-state index in [1.165, 1.54) is 19.2 Å². The van der Waals surface area contributed by atoms with Crippen LogP contribution < -0.4 is 5.32 Å². The molecule has 1 fully saturated rings. The van der Waals surface area contributed by atoms with Gasteiger partial charge in [0.2, 0.25) is 11.8 Å². The lowest BCUT2D eigenvalue weighted by molar-refractivity contribution is -0.385. The van der Waals surface area contributed by atoms with Gasteiger partial charge >= 0.3 is 5.69 Å². The minimum atomic E-state index is -0.447. The molecule has 1 aliphatic rings. The van der Waals surface area contributed by atoms with Crippen molar-refractivity contribution < 1.29 is 4.92 Å². The third-order valence-electron chi connectivity index (χ3n) is 4.24. The summed E-state index contributed by atoms with van der Waals surface area (Å²) in [6, 6.07) is 0.315. The Bertz CT molecular complexity index is 700. The summed E-state index contributed by atoms with van der Waals surface area (Å²) >= 11 is 0. The van der Waals surface area contributed by atoms with Gasteiger partial charge in [-0.3, -0.25) is 14.7 Å². The molecule has 0 amide bonds. The zero-order chi connectivity index (χ0) is 16.4. The van der Waals surface area contributed by atoms with E-state index in [1.807, 2.05) is 0 Å². The minimum absolute atomic E-state index is 0.0921. The summed E-state index contributed by atoms with van der Waals surface area (Å²) in [7, 11) is 0. The second kappa shape index (κ2) is 6.31. The monoisotopic (exact) mass is 316 g/mol. The van der Waals surface area contributed by atoms with Crippen molar-refractivity contribution in [1.82, 2.24) is 19.5 Å². The first-order valence-electron chi connectivity index (χ1n) is 7.82. The number of hydrogen-bond acceptors (Lipinski definition) is 6. The van der Waals surface area contributed by atoms with Crippen LogP contribution in [0, 0.1) is 23.0 Å². The van der Waals surface area contributed by atoms with Gasteiger partial charge in [-0.15, -0.1) is 0 Å². The lowest BCUT2D eigenvalue weighted by atomic mass is 9.87. The highest BCUT2D eigenvalue weighted by Gasteiger charge is 2.25. The van der Waals surface area contributed by atoms with E-state index in [0.717, 1.165) is 12.8 Å². The minimum Gasteiger partial charge on any atom is -0.351 e. The molecular formula is C15H20N6O2. The van der Waals surface area contributed by atoms with E-state index in [9.17, 15) is 10.1 Å². The van der Waals surface area contributed by atoms with Crippen molar-refractivity contribution in [2.45, 2.75) is 45.6 Å². The van der Waals surface area contributed by atoms with Crippen molar-refractivity contribution in [3.8, 4) is 5.82 Å². The zero-order valence-electron chi connectivity index (χ0n) is 13.3. The number of nitro groups is 1. The number of hydrogen-bond donors (Lipinski definition) is 1. The van der Waals surface area contributed by atoms with Gasteiger partial charge in [-0.2, -0.15) is 4.98 Å². The molecule has 0 saturated heterocycles. The molecule has 0 bridgehead atoms. The van der Waals surface area contributed by atoms with Crippen LogP contribution in [0.15, 0.2) is 18.7 Å². The van der Waals surface area contributed by atoms with Crippen molar-refractivity contribution in [1.29, 1.82) is 0 Å². The molecule has 0 aliphatic heterocycles. The Morgan fingerprint density at radius 1 is 1.39 bits per heavy atom. The predicted octanol–water partition coefficient (Wildman–Crippen LogP) is 2.87. The average molecular weight is 316 g/mol. The van der Waals surface area contributed by atoms with Gasteiger partial charge in [0, 0.05) is 18.4 Å². The van der Waals surface area contributed by atoms with Crippen LogP contribution in [-0.4, -0.2) is 30.5 Å². The number of nitrogens with zero attached hydrogens (tertiary/aromatic N) is 5. The van der Waals surface area contributed by atoms with E-state index in [0.29, 0.717) is 23.6 Å². The molecule has 1 aliphatic carbocycles. The van der Waals surface area contributed by atoms with Gasteiger partial charge in [-0.1, -0.05) is 19.8 Å². The Kier molecular flexibility index (Phi) is 4.22. The molecule has 1 saturated carbocycles. The van der Waals surface area contributed by atoms with Crippen molar-refractivity contribution in [2.75, 3.05) is 5.32 Å². The maximum Gasteiger partial charge on any atom is 0.333 e. The van der Waals surface area contributed by atoms with Crippen molar-refractivity contribution in [3.05, 3.63) is 34.5 Å². The lowest BCUT2D eigenvalue weighted by Crippen LogP contribution is -2.27. The summed E-state index contributed by atoms with van der Waals surface area (Å²) in [5, 5.41) is 14.7. The van der Waals surface area contributed by atoms with Crippen molar-refractivity contribution >= 4 is 11.6 Å². The molecule has 8 nitrogen and oxygen atoms in total. The van der Waals surface area contributed by atoms with E-state index < -0.39 is 4.92 Å². The molecule has 0 radical (unpaired) electrons. The van der Waals surface area contributed by atoms with Crippen LogP contribution in [0.3, 0.4) is 0 Å². The fourth-order valence-corrected chi connectivity index (χ4v) is 3.14. The Hall–Kier alpha value is -2.51. The van der Waals surface area contributed by atoms with Crippen LogP contribution in [0.1, 0.15) is 38.3 Å². The van der Waals surface area contributed by atoms with Gasteiger partial charge in [-0.05, 0) is 25.7 Å². The second-order valence-corrected chi connectivity index (χ2v) is 6.14. The summed E-state index contributed by atoms with van der Waals surface area (Å²) in [5.41, 5.74) is 0.255. The number of nitrogens with one attached hydrogen (secondary N) is 1. The molecule has 23 heavy (non-hydrogen) atoms. The standard InChI is InChI=1S/C15H20N6O2/c1-10-4-3-5-12(8-10)18-15-17-11(2)13(21(22)23)14(19-15)20-7-6-16-9-20/h6-7,9-10,12H,3-5,8H2,1-2H3,(H,17,18,19)/t10-,12-/m0/s1. The maximum atomic E-state index is 11.4. The molecule has 122 valence electrons. The molecule has 0 spiro atoms. The van der Waals surface area contributed by atoms with E-state index in [2.05, 4.69) is 27.2 Å². The van der Waals surface area contributed by atoms with Crippen molar-refractivity contribution in [3.63, 3.8) is 0 Å². The van der Waals surface area contributed by atoms with Crippen LogP contribution in [0.2, 0.25) is 0 Å². The average Bonchev–Trinajstić information content (AvgIpc) is 3.00. The molecule has 3 rings (SSSR count). The first-order valence-corrected chi connectivity index (χ1v) is 7.82. The van der Waals surface area contributed by atoms with Gasteiger partial charge in [0.1, 0.15) is 12.0 Å². The van der Waals surface area contributed by atoms with Crippen LogP contribution in [0.25, 0.3) is 5.82 Å². The number of aryl methyl sites for hydroxylation is 1. The molecule has 2 atom stereocenters. The maximum absolute atomic E-state index is 11.4. The van der Waals surface area contributed by atoms with E-state index in [-0.39, 0.29) is 11.5 Å². The zero-order valence-corrected chi connectivity index (χ0v) is 13.3. The van der Waals surface area contributed by atoms with E-state index in [4.69, 9.17) is 0 Å². The summed E-state index contributed by atoms with van der Waals surface area (Å²) in [6.45, 7) is 3.88. The van der Waals surface area contributed by atoms with Gasteiger partial charge in [0.15, 0.2) is 0 Å². The molecule has 2 aromatic rings. The fourth-order valence-electron chi connectivity index (χ4n) is 3.14. The number of imidazole rings is 1.